The fourth-order valence-electron chi connectivity index (χ4n) is 1.58. The Labute approximate surface area is 123 Å². The highest BCUT2D eigenvalue weighted by Gasteiger charge is 2.09. The molecule has 0 fully saturated rings. The summed E-state index contributed by atoms with van der Waals surface area (Å²) in [6.07, 6.45) is 0.0824. The summed E-state index contributed by atoms with van der Waals surface area (Å²) in [5, 5.41) is 6.02. The summed E-state index contributed by atoms with van der Waals surface area (Å²) in [6, 6.07) is 5.40. The number of carbonyl (C=O) groups is 1. The average Bonchev–Trinajstić information content (AvgIpc) is 2.32. The lowest BCUT2D eigenvalue weighted by Gasteiger charge is -2.12. The zero-order valence-corrected chi connectivity index (χ0v) is 13.2. The van der Waals surface area contributed by atoms with Gasteiger partial charge in [-0.3, -0.25) is 4.79 Å². The molecule has 1 aromatic rings. The van der Waals surface area contributed by atoms with Gasteiger partial charge in [-0.1, -0.05) is 22.9 Å². The summed E-state index contributed by atoms with van der Waals surface area (Å²) in [4.78, 5) is 12.0. The third-order valence-corrected chi connectivity index (χ3v) is 2.80. The van der Waals surface area contributed by atoms with Gasteiger partial charge in [-0.2, -0.15) is 0 Å². The highest BCUT2D eigenvalue weighted by molar-refractivity contribution is 9.10. The average molecular weight is 329 g/mol. The van der Waals surface area contributed by atoms with Crippen LogP contribution in [0.15, 0.2) is 22.7 Å². The van der Waals surface area contributed by atoms with Crippen LogP contribution in [0.5, 0.6) is 5.75 Å². The maximum atomic E-state index is 12.0. The van der Waals surface area contributed by atoms with Crippen LogP contribution in [-0.2, 0) is 0 Å². The zero-order valence-electron chi connectivity index (χ0n) is 11.6. The predicted octanol–water partition coefficient (Wildman–Crippen LogP) is 2.58. The minimum absolute atomic E-state index is 0.0824. The van der Waals surface area contributed by atoms with Gasteiger partial charge in [0.15, 0.2) is 0 Å². The highest BCUT2D eigenvalue weighted by Crippen LogP contribution is 2.22. The summed E-state index contributed by atoms with van der Waals surface area (Å²) in [6.45, 7) is 8.23. The maximum absolute atomic E-state index is 12.0. The molecule has 0 saturated carbocycles. The Morgan fingerprint density at radius 3 is 2.68 bits per heavy atom. The van der Waals surface area contributed by atoms with Crippen molar-refractivity contribution in [3.8, 4) is 5.75 Å². The first-order valence-corrected chi connectivity index (χ1v) is 7.28. The number of amides is 1. The molecule has 0 aromatic heterocycles. The van der Waals surface area contributed by atoms with Gasteiger partial charge in [0.2, 0.25) is 0 Å². The SMILES string of the molecule is CCNCCNC(=O)c1cc(Br)cc(OC(C)C)c1. The summed E-state index contributed by atoms with van der Waals surface area (Å²) in [7, 11) is 0. The van der Waals surface area contributed by atoms with E-state index in [0.29, 0.717) is 17.9 Å². The molecule has 0 unspecified atom stereocenters. The normalized spacial score (nSPS) is 10.6. The Kier molecular flexibility index (Phi) is 6.87. The number of likely N-dealkylation sites (N-methyl/N-ethyl adjacent to an activating group) is 1. The van der Waals surface area contributed by atoms with Crippen molar-refractivity contribution in [1.29, 1.82) is 0 Å². The molecule has 106 valence electrons. The van der Waals surface area contributed by atoms with Crippen LogP contribution >= 0.6 is 15.9 Å². The molecule has 0 aliphatic heterocycles. The second-order valence-electron chi connectivity index (χ2n) is 4.45. The van der Waals surface area contributed by atoms with E-state index in [2.05, 4.69) is 26.6 Å². The molecular formula is C14H21BrN2O2. The van der Waals surface area contributed by atoms with Crippen molar-refractivity contribution in [3.05, 3.63) is 28.2 Å². The number of hydrogen-bond donors (Lipinski definition) is 2. The smallest absolute Gasteiger partial charge is 0.251 e. The van der Waals surface area contributed by atoms with Crippen molar-refractivity contribution in [2.24, 2.45) is 0 Å². The first-order chi connectivity index (χ1) is 9.02. The van der Waals surface area contributed by atoms with Crippen LogP contribution in [0.3, 0.4) is 0 Å². The van der Waals surface area contributed by atoms with Crippen molar-refractivity contribution in [3.63, 3.8) is 0 Å². The lowest BCUT2D eigenvalue weighted by atomic mass is 10.2. The van der Waals surface area contributed by atoms with Crippen molar-refractivity contribution >= 4 is 21.8 Å². The van der Waals surface area contributed by atoms with Crippen LogP contribution in [0.4, 0.5) is 0 Å². The number of carbonyl (C=O) groups excluding carboxylic acids is 1. The fourth-order valence-corrected chi connectivity index (χ4v) is 2.05. The number of rotatable bonds is 7. The molecule has 0 bridgehead atoms. The molecule has 0 atom stereocenters. The number of halogens is 1. The van der Waals surface area contributed by atoms with E-state index in [9.17, 15) is 4.79 Å². The van der Waals surface area contributed by atoms with Gasteiger partial charge in [0.1, 0.15) is 5.75 Å². The van der Waals surface area contributed by atoms with Gasteiger partial charge >= 0.3 is 0 Å². The van der Waals surface area contributed by atoms with E-state index in [0.717, 1.165) is 17.6 Å². The van der Waals surface area contributed by atoms with Gasteiger partial charge in [0, 0.05) is 23.1 Å². The molecule has 0 aliphatic rings. The molecule has 1 amide bonds. The third-order valence-electron chi connectivity index (χ3n) is 2.34. The highest BCUT2D eigenvalue weighted by atomic mass is 79.9. The Balaban J connectivity index is 2.65. The molecule has 4 nitrogen and oxygen atoms in total. The van der Waals surface area contributed by atoms with Crippen LogP contribution in [0.25, 0.3) is 0 Å². The Bertz CT molecular complexity index is 422. The maximum Gasteiger partial charge on any atom is 0.251 e. The molecule has 0 saturated heterocycles. The molecule has 19 heavy (non-hydrogen) atoms. The zero-order chi connectivity index (χ0) is 14.3. The van der Waals surface area contributed by atoms with Crippen LogP contribution in [0.2, 0.25) is 0 Å². The van der Waals surface area contributed by atoms with E-state index in [4.69, 9.17) is 4.74 Å². The monoisotopic (exact) mass is 328 g/mol. The van der Waals surface area contributed by atoms with E-state index in [-0.39, 0.29) is 12.0 Å². The van der Waals surface area contributed by atoms with Gasteiger partial charge in [0.05, 0.1) is 6.10 Å². The molecule has 0 aliphatic carbocycles. The Hall–Kier alpha value is -1.07. The van der Waals surface area contributed by atoms with Crippen molar-refractivity contribution in [2.75, 3.05) is 19.6 Å². The lowest BCUT2D eigenvalue weighted by molar-refractivity contribution is 0.0953. The van der Waals surface area contributed by atoms with Crippen molar-refractivity contribution < 1.29 is 9.53 Å². The van der Waals surface area contributed by atoms with E-state index >= 15 is 0 Å². The fraction of sp³-hybridized carbons (Fsp3) is 0.500. The van der Waals surface area contributed by atoms with E-state index in [1.54, 1.807) is 12.1 Å². The molecule has 0 spiro atoms. The van der Waals surface area contributed by atoms with Crippen LogP contribution in [0.1, 0.15) is 31.1 Å². The van der Waals surface area contributed by atoms with E-state index < -0.39 is 0 Å². The summed E-state index contributed by atoms with van der Waals surface area (Å²) >= 11 is 3.39. The Morgan fingerprint density at radius 2 is 2.05 bits per heavy atom. The topological polar surface area (TPSA) is 50.4 Å². The predicted molar refractivity (Wildman–Crippen MR) is 80.8 cm³/mol. The van der Waals surface area contributed by atoms with Gasteiger partial charge < -0.3 is 15.4 Å². The number of benzene rings is 1. The molecule has 0 radical (unpaired) electrons. The summed E-state index contributed by atoms with van der Waals surface area (Å²) < 4.78 is 6.44. The second kappa shape index (κ2) is 8.17. The number of ether oxygens (including phenoxy) is 1. The van der Waals surface area contributed by atoms with Gasteiger partial charge in [-0.05, 0) is 38.6 Å². The molecule has 5 heteroatoms. The van der Waals surface area contributed by atoms with Crippen LogP contribution in [-0.4, -0.2) is 31.6 Å². The molecule has 1 aromatic carbocycles. The minimum Gasteiger partial charge on any atom is -0.491 e. The largest absolute Gasteiger partial charge is 0.491 e. The molecule has 2 N–H and O–H groups in total. The number of hydrogen-bond acceptors (Lipinski definition) is 3. The number of nitrogens with one attached hydrogen (secondary N) is 2. The third kappa shape index (κ3) is 6.07. The Morgan fingerprint density at radius 1 is 1.32 bits per heavy atom. The first kappa shape index (κ1) is 16.0. The standard InChI is InChI=1S/C14H21BrN2O2/c1-4-16-5-6-17-14(18)11-7-12(15)9-13(8-11)19-10(2)3/h7-10,16H,4-6H2,1-3H3,(H,17,18). The minimum atomic E-state index is -0.0900. The second-order valence-corrected chi connectivity index (χ2v) is 5.37. The lowest BCUT2D eigenvalue weighted by Crippen LogP contribution is -2.31. The summed E-state index contributed by atoms with van der Waals surface area (Å²) in [5.74, 6) is 0.606. The van der Waals surface area contributed by atoms with E-state index in [1.807, 2.05) is 26.8 Å². The van der Waals surface area contributed by atoms with Crippen molar-refractivity contribution in [2.45, 2.75) is 26.9 Å². The first-order valence-electron chi connectivity index (χ1n) is 6.49. The molecule has 0 heterocycles. The van der Waals surface area contributed by atoms with Gasteiger partial charge in [0.25, 0.3) is 5.91 Å². The molecule has 1 rings (SSSR count). The summed E-state index contributed by atoms with van der Waals surface area (Å²) in [5.41, 5.74) is 0.599. The van der Waals surface area contributed by atoms with Crippen molar-refractivity contribution in [1.82, 2.24) is 10.6 Å². The van der Waals surface area contributed by atoms with Crippen LogP contribution < -0.4 is 15.4 Å². The quantitative estimate of drug-likeness (QED) is 0.756. The van der Waals surface area contributed by atoms with E-state index in [1.165, 1.54) is 0 Å². The van der Waals surface area contributed by atoms with Gasteiger partial charge in [-0.25, -0.2) is 0 Å². The van der Waals surface area contributed by atoms with Crippen LogP contribution in [0, 0.1) is 0 Å². The van der Waals surface area contributed by atoms with Gasteiger partial charge in [-0.15, -0.1) is 0 Å². The molecular weight excluding hydrogens is 308 g/mol.